The molecule has 1 aromatic carbocycles. The molecule has 6 nitrogen and oxygen atoms in total. The van der Waals surface area contributed by atoms with Gasteiger partial charge in [0.1, 0.15) is 0 Å². The minimum Gasteiger partial charge on any atom is -0.383 e. The Labute approximate surface area is 132 Å². The summed E-state index contributed by atoms with van der Waals surface area (Å²) in [6, 6.07) is 2.07. The summed E-state index contributed by atoms with van der Waals surface area (Å²) in [5, 5.41) is 10.9. The van der Waals surface area contributed by atoms with E-state index in [0.717, 1.165) is 12.1 Å². The highest BCUT2D eigenvalue weighted by atomic mass is 35.5. The van der Waals surface area contributed by atoms with Crippen LogP contribution in [0.1, 0.15) is 24.2 Å². The summed E-state index contributed by atoms with van der Waals surface area (Å²) in [6.45, 7) is 4.38. The maximum absolute atomic E-state index is 12.5. The summed E-state index contributed by atoms with van der Waals surface area (Å²) < 4.78 is 5.03. The number of benzene rings is 1. The van der Waals surface area contributed by atoms with Crippen molar-refractivity contribution in [3.05, 3.63) is 37.9 Å². The largest absolute Gasteiger partial charge is 0.383 e. The Hall–Kier alpha value is -1.37. The van der Waals surface area contributed by atoms with E-state index in [1.165, 1.54) is 12.0 Å². The van der Waals surface area contributed by atoms with Crippen LogP contribution in [-0.4, -0.2) is 42.0 Å². The van der Waals surface area contributed by atoms with Crippen molar-refractivity contribution in [1.29, 1.82) is 0 Å². The maximum Gasteiger partial charge on any atom is 0.271 e. The van der Waals surface area contributed by atoms with Crippen LogP contribution in [0.2, 0.25) is 10.0 Å². The molecule has 0 spiro atoms. The SMILES string of the molecule is CCN(C(=O)c1cc([N+](=O)[O-])cc(Cl)c1Cl)C(C)COC. The van der Waals surface area contributed by atoms with Crippen molar-refractivity contribution in [3.63, 3.8) is 0 Å². The van der Waals surface area contributed by atoms with Crippen LogP contribution in [0.15, 0.2) is 12.1 Å². The van der Waals surface area contributed by atoms with E-state index in [1.54, 1.807) is 6.92 Å². The lowest BCUT2D eigenvalue weighted by Gasteiger charge is -2.28. The number of halogens is 2. The lowest BCUT2D eigenvalue weighted by atomic mass is 10.1. The van der Waals surface area contributed by atoms with Gasteiger partial charge in [0.15, 0.2) is 0 Å². The number of carbonyl (C=O) groups is 1. The van der Waals surface area contributed by atoms with Gasteiger partial charge in [0.25, 0.3) is 11.6 Å². The predicted molar refractivity (Wildman–Crippen MR) is 81.2 cm³/mol. The molecule has 21 heavy (non-hydrogen) atoms. The highest BCUT2D eigenvalue weighted by Crippen LogP contribution is 2.32. The Morgan fingerprint density at radius 1 is 1.48 bits per heavy atom. The Bertz CT molecular complexity index is 551. The van der Waals surface area contributed by atoms with Crippen LogP contribution in [-0.2, 0) is 4.74 Å². The van der Waals surface area contributed by atoms with E-state index in [0.29, 0.717) is 13.2 Å². The van der Waals surface area contributed by atoms with Gasteiger partial charge in [0, 0.05) is 25.8 Å². The van der Waals surface area contributed by atoms with Crippen molar-refractivity contribution in [2.45, 2.75) is 19.9 Å². The summed E-state index contributed by atoms with van der Waals surface area (Å²) in [5.41, 5.74) is -0.260. The summed E-state index contributed by atoms with van der Waals surface area (Å²) in [4.78, 5) is 24.3. The maximum atomic E-state index is 12.5. The van der Waals surface area contributed by atoms with Crippen LogP contribution < -0.4 is 0 Å². The van der Waals surface area contributed by atoms with Crippen molar-refractivity contribution in [2.75, 3.05) is 20.3 Å². The summed E-state index contributed by atoms with van der Waals surface area (Å²) in [7, 11) is 1.53. The Morgan fingerprint density at radius 3 is 2.57 bits per heavy atom. The summed E-state index contributed by atoms with van der Waals surface area (Å²) in [5.74, 6) is -0.419. The number of likely N-dealkylation sites (N-methyl/N-ethyl adjacent to an activating group) is 1. The van der Waals surface area contributed by atoms with Crippen molar-refractivity contribution in [3.8, 4) is 0 Å². The molecule has 116 valence electrons. The molecule has 8 heteroatoms. The third-order valence-electron chi connectivity index (χ3n) is 3.00. The van der Waals surface area contributed by atoms with Crippen molar-refractivity contribution in [2.24, 2.45) is 0 Å². The lowest BCUT2D eigenvalue weighted by Crippen LogP contribution is -2.41. The number of ether oxygens (including phenoxy) is 1. The molecule has 0 radical (unpaired) electrons. The Morgan fingerprint density at radius 2 is 2.10 bits per heavy atom. The van der Waals surface area contributed by atoms with E-state index in [4.69, 9.17) is 27.9 Å². The van der Waals surface area contributed by atoms with Gasteiger partial charge in [0.2, 0.25) is 0 Å². The van der Waals surface area contributed by atoms with E-state index in [-0.39, 0.29) is 27.3 Å². The second kappa shape index (κ2) is 7.59. The monoisotopic (exact) mass is 334 g/mol. The number of nitrogens with zero attached hydrogens (tertiary/aromatic N) is 2. The van der Waals surface area contributed by atoms with Crippen molar-refractivity contribution >= 4 is 34.8 Å². The zero-order valence-electron chi connectivity index (χ0n) is 11.9. The number of rotatable bonds is 6. The van der Waals surface area contributed by atoms with Gasteiger partial charge < -0.3 is 9.64 Å². The number of non-ortho nitro benzene ring substituents is 1. The Kier molecular flexibility index (Phi) is 6.39. The van der Waals surface area contributed by atoms with Crippen LogP contribution in [0.4, 0.5) is 5.69 Å². The number of hydrogen-bond donors (Lipinski definition) is 0. The molecule has 1 unspecified atom stereocenters. The number of hydrogen-bond acceptors (Lipinski definition) is 4. The average Bonchev–Trinajstić information content (AvgIpc) is 2.42. The fraction of sp³-hybridized carbons (Fsp3) is 0.462. The molecule has 0 N–H and O–H groups in total. The lowest BCUT2D eigenvalue weighted by molar-refractivity contribution is -0.384. The van der Waals surface area contributed by atoms with Gasteiger partial charge in [-0.05, 0) is 13.8 Å². The molecule has 0 heterocycles. The third kappa shape index (κ3) is 4.06. The smallest absolute Gasteiger partial charge is 0.271 e. The number of amides is 1. The zero-order chi connectivity index (χ0) is 16.2. The van der Waals surface area contributed by atoms with Gasteiger partial charge in [-0.3, -0.25) is 14.9 Å². The minimum absolute atomic E-state index is 0.00957. The number of nitro benzene ring substituents is 1. The molecular formula is C13H16Cl2N2O4. The van der Waals surface area contributed by atoms with Gasteiger partial charge in [0.05, 0.1) is 33.2 Å². The van der Waals surface area contributed by atoms with Crippen LogP contribution >= 0.6 is 23.2 Å². The van der Waals surface area contributed by atoms with Crippen LogP contribution in [0.5, 0.6) is 0 Å². The van der Waals surface area contributed by atoms with Crippen molar-refractivity contribution < 1.29 is 14.5 Å². The molecule has 0 saturated carbocycles. The van der Waals surface area contributed by atoms with E-state index >= 15 is 0 Å². The molecule has 1 rings (SSSR count). The molecule has 0 aromatic heterocycles. The molecule has 1 aromatic rings. The highest BCUT2D eigenvalue weighted by Gasteiger charge is 2.25. The molecule has 1 atom stereocenters. The molecule has 1 amide bonds. The predicted octanol–water partition coefficient (Wildman–Crippen LogP) is 3.40. The van der Waals surface area contributed by atoms with Crippen LogP contribution in [0.3, 0.4) is 0 Å². The number of methoxy groups -OCH3 is 1. The molecular weight excluding hydrogens is 319 g/mol. The van der Waals surface area contributed by atoms with Gasteiger partial charge >= 0.3 is 0 Å². The van der Waals surface area contributed by atoms with Crippen LogP contribution in [0, 0.1) is 10.1 Å². The van der Waals surface area contributed by atoms with E-state index < -0.39 is 10.8 Å². The molecule has 0 bridgehead atoms. The number of nitro groups is 1. The van der Waals surface area contributed by atoms with Crippen LogP contribution in [0.25, 0.3) is 0 Å². The number of carbonyl (C=O) groups excluding carboxylic acids is 1. The quantitative estimate of drug-likeness (QED) is 0.590. The van der Waals surface area contributed by atoms with Gasteiger partial charge in [-0.1, -0.05) is 23.2 Å². The van der Waals surface area contributed by atoms with E-state index in [9.17, 15) is 14.9 Å². The summed E-state index contributed by atoms with van der Waals surface area (Å²) >= 11 is 11.9. The standard InChI is InChI=1S/C13H16Cl2N2O4/c1-4-16(8(2)7-21-3)13(18)10-5-9(17(19)20)6-11(14)12(10)15/h5-6,8H,4,7H2,1-3H3. The van der Waals surface area contributed by atoms with Gasteiger partial charge in [-0.2, -0.15) is 0 Å². The second-order valence-corrected chi connectivity index (χ2v) is 5.23. The minimum atomic E-state index is -0.617. The average molecular weight is 335 g/mol. The topological polar surface area (TPSA) is 72.7 Å². The zero-order valence-corrected chi connectivity index (χ0v) is 13.4. The first-order chi connectivity index (χ1) is 9.83. The molecule has 0 aliphatic heterocycles. The highest BCUT2D eigenvalue weighted by molar-refractivity contribution is 6.44. The van der Waals surface area contributed by atoms with Gasteiger partial charge in [-0.15, -0.1) is 0 Å². The van der Waals surface area contributed by atoms with E-state index in [1.807, 2.05) is 6.92 Å². The Balaban J connectivity index is 3.24. The molecule has 0 saturated heterocycles. The summed E-state index contributed by atoms with van der Waals surface area (Å²) in [6.07, 6.45) is 0. The second-order valence-electron chi connectivity index (χ2n) is 4.44. The fourth-order valence-corrected chi connectivity index (χ4v) is 2.38. The van der Waals surface area contributed by atoms with Gasteiger partial charge in [-0.25, -0.2) is 0 Å². The first-order valence-electron chi connectivity index (χ1n) is 6.26. The first-order valence-corrected chi connectivity index (χ1v) is 7.02. The van der Waals surface area contributed by atoms with Crippen molar-refractivity contribution in [1.82, 2.24) is 4.90 Å². The molecule has 0 fully saturated rings. The molecule has 0 aliphatic carbocycles. The first kappa shape index (κ1) is 17.7. The third-order valence-corrected chi connectivity index (χ3v) is 3.80. The normalized spacial score (nSPS) is 12.0. The fourth-order valence-electron chi connectivity index (χ4n) is 1.98. The molecule has 0 aliphatic rings. The van der Waals surface area contributed by atoms with E-state index in [2.05, 4.69) is 0 Å².